The summed E-state index contributed by atoms with van der Waals surface area (Å²) in [5.74, 6) is 1.39. The van der Waals surface area contributed by atoms with Crippen LogP contribution in [0.2, 0.25) is 0 Å². The molecule has 0 spiro atoms. The van der Waals surface area contributed by atoms with Gasteiger partial charge in [0.25, 0.3) is 0 Å². The number of nitrogens with zero attached hydrogens (tertiary/aromatic N) is 4. The Morgan fingerprint density at radius 1 is 1.02 bits per heavy atom. The number of rotatable bonds is 18. The summed E-state index contributed by atoms with van der Waals surface area (Å²) < 4.78 is 18.2. The highest BCUT2D eigenvalue weighted by molar-refractivity contribution is 8.00. The molecule has 1 unspecified atom stereocenters. The summed E-state index contributed by atoms with van der Waals surface area (Å²) in [7, 11) is 3.09. The van der Waals surface area contributed by atoms with Gasteiger partial charge in [-0.3, -0.25) is 14.4 Å². The van der Waals surface area contributed by atoms with Gasteiger partial charge in [0.1, 0.15) is 23.0 Å². The van der Waals surface area contributed by atoms with Crippen molar-refractivity contribution in [2.24, 2.45) is 5.92 Å². The molecule has 14 nitrogen and oxygen atoms in total. The molecular weight excluding hydrogens is 675 g/mol. The Morgan fingerprint density at radius 2 is 1.88 bits per heavy atom. The summed E-state index contributed by atoms with van der Waals surface area (Å²) >= 11 is 1.90. The maximum Gasteiger partial charge on any atom is 0.315 e. The predicted molar refractivity (Wildman–Crippen MR) is 193 cm³/mol. The molecular formula is C36H45N7O7S. The number of benzene rings is 2. The first kappa shape index (κ1) is 36.2. The summed E-state index contributed by atoms with van der Waals surface area (Å²) in [6.07, 6.45) is 6.56. The van der Waals surface area contributed by atoms with Gasteiger partial charge in [0.05, 0.1) is 57.3 Å². The molecule has 3 N–H and O–H groups in total. The smallest absolute Gasteiger partial charge is 0.315 e. The number of carbonyl (C=O) groups is 4. The van der Waals surface area contributed by atoms with Crippen molar-refractivity contribution in [3.63, 3.8) is 0 Å². The molecule has 3 saturated heterocycles. The number of hydrogen-bond acceptors (Lipinski definition) is 10. The lowest BCUT2D eigenvalue weighted by atomic mass is 10.0. The number of thioether (sulfide) groups is 1. The Bertz CT molecular complexity index is 1720. The standard InChI is InChI=1S/C36H45N7O7S/c1-48-27-12-13-31(49-2)30(19-27)43-20-24(18-33(43)45)35(46)37-25-8-5-7-23(17-25)28-21-42(41-40-28)14-16-50-15-6-10-26(44)9-3-4-11-32-34-29(22-51-32)38-36(47)39-34/h5,7-8,12-13,17,19,21,24,29,32,34H,3-4,6,9-11,14-16,18,20,22H2,1-2H3,(H,37,46)(H2,38,39,47)/t24?,29-,32-,34-/m0/s1. The highest BCUT2D eigenvalue weighted by Crippen LogP contribution is 2.37. The third kappa shape index (κ3) is 9.19. The van der Waals surface area contributed by atoms with Crippen LogP contribution in [0.15, 0.2) is 48.7 Å². The zero-order valence-corrected chi connectivity index (χ0v) is 29.8. The van der Waals surface area contributed by atoms with E-state index in [1.165, 1.54) is 7.11 Å². The van der Waals surface area contributed by atoms with Gasteiger partial charge < -0.3 is 35.1 Å². The molecule has 3 aliphatic rings. The number of nitrogens with one attached hydrogen (secondary N) is 3. The van der Waals surface area contributed by atoms with Crippen molar-refractivity contribution in [1.82, 2.24) is 25.6 Å². The van der Waals surface area contributed by atoms with Crippen molar-refractivity contribution in [1.29, 1.82) is 0 Å². The molecule has 51 heavy (non-hydrogen) atoms. The number of unbranched alkanes of at least 4 members (excludes halogenated alkanes) is 1. The molecule has 15 heteroatoms. The second kappa shape index (κ2) is 17.1. The molecule has 4 amide bonds. The van der Waals surface area contributed by atoms with E-state index in [1.807, 2.05) is 36.2 Å². The Balaban J connectivity index is 0.880. The molecule has 3 fully saturated rings. The molecule has 3 aliphatic heterocycles. The molecule has 3 aromatic rings. The van der Waals surface area contributed by atoms with Crippen LogP contribution in [0.3, 0.4) is 0 Å². The van der Waals surface area contributed by atoms with Crippen LogP contribution >= 0.6 is 11.8 Å². The topological polar surface area (TPSA) is 166 Å². The van der Waals surface area contributed by atoms with Crippen LogP contribution in [0.25, 0.3) is 11.3 Å². The molecule has 0 aliphatic carbocycles. The van der Waals surface area contributed by atoms with Crippen molar-refractivity contribution < 1.29 is 33.4 Å². The fourth-order valence-corrected chi connectivity index (χ4v) is 8.28. The Labute approximate surface area is 301 Å². The van der Waals surface area contributed by atoms with Crippen LogP contribution in [-0.2, 0) is 25.7 Å². The number of amides is 4. The van der Waals surface area contributed by atoms with Gasteiger partial charge in [0, 0.05) is 60.7 Å². The van der Waals surface area contributed by atoms with Crippen molar-refractivity contribution in [2.75, 3.05) is 49.9 Å². The van der Waals surface area contributed by atoms with E-state index < -0.39 is 5.92 Å². The number of aromatic nitrogens is 3. The second-order valence-electron chi connectivity index (χ2n) is 13.0. The van der Waals surface area contributed by atoms with Crippen LogP contribution in [0, 0.1) is 5.92 Å². The molecule has 0 saturated carbocycles. The van der Waals surface area contributed by atoms with Crippen LogP contribution in [0.4, 0.5) is 16.2 Å². The summed E-state index contributed by atoms with van der Waals surface area (Å²) in [5.41, 5.74) is 2.60. The van der Waals surface area contributed by atoms with Gasteiger partial charge in [0.2, 0.25) is 11.8 Å². The van der Waals surface area contributed by atoms with Gasteiger partial charge in [-0.2, -0.15) is 11.8 Å². The average Bonchev–Trinajstić information content (AvgIpc) is 3.93. The summed E-state index contributed by atoms with van der Waals surface area (Å²) in [6.45, 7) is 1.68. The van der Waals surface area contributed by atoms with Gasteiger partial charge in [-0.05, 0) is 43.5 Å². The minimum absolute atomic E-state index is 0.0639. The zero-order valence-electron chi connectivity index (χ0n) is 29.0. The van der Waals surface area contributed by atoms with E-state index >= 15 is 0 Å². The minimum Gasteiger partial charge on any atom is -0.497 e. The van der Waals surface area contributed by atoms with Gasteiger partial charge in [0.15, 0.2) is 0 Å². The van der Waals surface area contributed by atoms with Crippen molar-refractivity contribution in [3.8, 4) is 22.8 Å². The highest BCUT2D eigenvalue weighted by Gasteiger charge is 2.42. The number of ketones is 1. The average molecular weight is 720 g/mol. The van der Waals surface area contributed by atoms with E-state index in [4.69, 9.17) is 14.2 Å². The largest absolute Gasteiger partial charge is 0.497 e. The van der Waals surface area contributed by atoms with E-state index in [0.29, 0.717) is 72.8 Å². The zero-order chi connectivity index (χ0) is 35.7. The third-order valence-electron chi connectivity index (χ3n) is 9.48. The minimum atomic E-state index is -0.535. The fourth-order valence-electron chi connectivity index (χ4n) is 6.73. The van der Waals surface area contributed by atoms with Gasteiger partial charge in [-0.25, -0.2) is 9.48 Å². The molecule has 4 atom stereocenters. The van der Waals surface area contributed by atoms with Crippen molar-refractivity contribution in [2.45, 2.75) is 68.8 Å². The number of anilines is 2. The van der Waals surface area contributed by atoms with Crippen molar-refractivity contribution >= 4 is 46.8 Å². The normalized spacial score (nSPS) is 20.9. The fraction of sp³-hybridized carbons (Fsp3) is 0.500. The van der Waals surface area contributed by atoms with Crippen LogP contribution in [-0.4, -0.2) is 95.7 Å². The maximum atomic E-state index is 13.2. The van der Waals surface area contributed by atoms with Crippen LogP contribution in [0.5, 0.6) is 11.5 Å². The maximum absolute atomic E-state index is 13.2. The monoisotopic (exact) mass is 719 g/mol. The molecule has 272 valence electrons. The summed E-state index contributed by atoms with van der Waals surface area (Å²) in [6, 6.07) is 13.0. The SMILES string of the molecule is COc1ccc(OC)c(N2CC(C(=O)Nc3cccc(-c4cn(CCOCCCC(=O)CCCC[C@@H]5SC[C@@H]6NC(=O)N[C@@H]65)nn4)c3)CC2=O)c1. The summed E-state index contributed by atoms with van der Waals surface area (Å²) in [4.78, 5) is 51.6. The van der Waals surface area contributed by atoms with E-state index in [2.05, 4.69) is 26.3 Å². The van der Waals surface area contributed by atoms with E-state index in [0.717, 1.165) is 30.6 Å². The molecule has 0 radical (unpaired) electrons. The summed E-state index contributed by atoms with van der Waals surface area (Å²) in [5, 5.41) is 17.9. The van der Waals surface area contributed by atoms with E-state index in [9.17, 15) is 19.2 Å². The number of urea groups is 1. The van der Waals surface area contributed by atoms with Crippen LogP contribution < -0.4 is 30.3 Å². The number of Topliss-reactive ketones (excluding diaryl/α,β-unsaturated/α-hetero) is 1. The molecule has 6 rings (SSSR count). The molecule has 4 heterocycles. The number of carbonyl (C=O) groups excluding carboxylic acids is 4. The lowest BCUT2D eigenvalue weighted by molar-refractivity contribution is -0.122. The second-order valence-corrected chi connectivity index (χ2v) is 14.3. The predicted octanol–water partition coefficient (Wildman–Crippen LogP) is 4.05. The Hall–Kier alpha value is -4.63. The Morgan fingerprint density at radius 3 is 2.73 bits per heavy atom. The first-order chi connectivity index (χ1) is 24.8. The number of hydrogen-bond donors (Lipinski definition) is 3. The van der Waals surface area contributed by atoms with E-state index in [-0.39, 0.29) is 48.7 Å². The van der Waals surface area contributed by atoms with E-state index in [1.54, 1.807) is 41.0 Å². The molecule has 2 aromatic carbocycles. The first-order valence-corrected chi connectivity index (χ1v) is 18.5. The van der Waals surface area contributed by atoms with Gasteiger partial charge in [-0.15, -0.1) is 5.10 Å². The first-order valence-electron chi connectivity index (χ1n) is 17.4. The van der Waals surface area contributed by atoms with Crippen molar-refractivity contribution in [3.05, 3.63) is 48.7 Å². The molecule has 0 bridgehead atoms. The van der Waals surface area contributed by atoms with Gasteiger partial charge in [-0.1, -0.05) is 23.8 Å². The van der Waals surface area contributed by atoms with Gasteiger partial charge >= 0.3 is 6.03 Å². The number of ether oxygens (including phenoxy) is 3. The quantitative estimate of drug-likeness (QED) is 0.129. The lowest BCUT2D eigenvalue weighted by Gasteiger charge is -2.20. The number of methoxy groups -OCH3 is 2. The number of fused-ring (bicyclic) bond motifs is 1. The molecule has 1 aromatic heterocycles. The third-order valence-corrected chi connectivity index (χ3v) is 11.0. The van der Waals surface area contributed by atoms with Crippen LogP contribution in [0.1, 0.15) is 44.9 Å². The highest BCUT2D eigenvalue weighted by atomic mass is 32.2. The lowest BCUT2D eigenvalue weighted by Crippen LogP contribution is -2.36. The Kier molecular flexibility index (Phi) is 12.1.